The van der Waals surface area contributed by atoms with Crippen molar-refractivity contribution in [3.8, 4) is 0 Å². The third kappa shape index (κ3) is 5.85. The van der Waals surface area contributed by atoms with Crippen LogP contribution in [-0.2, 0) is 11.3 Å². The molecule has 90 valence electrons. The van der Waals surface area contributed by atoms with Crippen LogP contribution in [0.5, 0.6) is 0 Å². The van der Waals surface area contributed by atoms with Crippen molar-refractivity contribution in [2.45, 2.75) is 19.6 Å². The van der Waals surface area contributed by atoms with Gasteiger partial charge in [0.25, 0.3) is 0 Å². The molecule has 1 aromatic carbocycles. The smallest absolute Gasteiger partial charge is 0.0717 e. The summed E-state index contributed by atoms with van der Waals surface area (Å²) in [5.41, 5.74) is 6.93. The van der Waals surface area contributed by atoms with Crippen LogP contribution in [0.25, 0.3) is 0 Å². The number of nitrogens with two attached hydrogens (primary N) is 1. The van der Waals surface area contributed by atoms with Crippen LogP contribution in [-0.4, -0.2) is 37.7 Å². The molecule has 0 radical (unpaired) electrons. The van der Waals surface area contributed by atoms with Gasteiger partial charge in [-0.3, -0.25) is 0 Å². The lowest BCUT2D eigenvalue weighted by Crippen LogP contribution is -2.34. The normalized spacial score (nSPS) is 13.0. The molecule has 1 atom stereocenters. The van der Waals surface area contributed by atoms with Gasteiger partial charge in [0.1, 0.15) is 0 Å². The molecule has 16 heavy (non-hydrogen) atoms. The second kappa shape index (κ2) is 7.39. The largest absolute Gasteiger partial charge is 0.375 e. The maximum Gasteiger partial charge on any atom is 0.0717 e. The highest BCUT2D eigenvalue weighted by molar-refractivity contribution is 5.13. The van der Waals surface area contributed by atoms with Crippen LogP contribution in [0, 0.1) is 0 Å². The number of hydrogen-bond acceptors (Lipinski definition) is 3. The molecule has 1 unspecified atom stereocenters. The van der Waals surface area contributed by atoms with E-state index in [2.05, 4.69) is 24.1 Å². The van der Waals surface area contributed by atoms with Gasteiger partial charge in [-0.1, -0.05) is 30.3 Å². The zero-order chi connectivity index (χ0) is 11.8. The van der Waals surface area contributed by atoms with Crippen LogP contribution >= 0.6 is 0 Å². The predicted molar refractivity (Wildman–Crippen MR) is 67.2 cm³/mol. The summed E-state index contributed by atoms with van der Waals surface area (Å²) >= 11 is 0. The number of likely N-dealkylation sites (N-methyl/N-ethyl adjacent to an activating group) is 1. The number of rotatable bonds is 7. The Labute approximate surface area is 98.2 Å². The van der Waals surface area contributed by atoms with Gasteiger partial charge in [0.05, 0.1) is 13.2 Å². The summed E-state index contributed by atoms with van der Waals surface area (Å²) in [7, 11) is 2.06. The van der Waals surface area contributed by atoms with E-state index in [1.165, 1.54) is 5.56 Å². The van der Waals surface area contributed by atoms with Crippen molar-refractivity contribution in [2.75, 3.05) is 26.7 Å². The van der Waals surface area contributed by atoms with Gasteiger partial charge >= 0.3 is 0 Å². The molecule has 0 aliphatic heterocycles. The van der Waals surface area contributed by atoms with Crippen molar-refractivity contribution < 1.29 is 4.74 Å². The summed E-state index contributed by atoms with van der Waals surface area (Å²) < 4.78 is 5.59. The Morgan fingerprint density at radius 3 is 2.62 bits per heavy atom. The zero-order valence-corrected chi connectivity index (χ0v) is 10.2. The molecule has 1 aromatic rings. The molecule has 0 saturated heterocycles. The Bertz CT molecular complexity index is 275. The van der Waals surface area contributed by atoms with Crippen molar-refractivity contribution in [1.82, 2.24) is 4.90 Å². The molecular weight excluding hydrogens is 200 g/mol. The summed E-state index contributed by atoms with van der Waals surface area (Å²) in [6.07, 6.45) is 0. The van der Waals surface area contributed by atoms with Gasteiger partial charge in [0.15, 0.2) is 0 Å². The summed E-state index contributed by atoms with van der Waals surface area (Å²) in [5.74, 6) is 0. The average molecular weight is 222 g/mol. The van der Waals surface area contributed by atoms with Gasteiger partial charge in [-0.05, 0) is 19.5 Å². The average Bonchev–Trinajstić information content (AvgIpc) is 2.25. The maximum absolute atomic E-state index is 5.71. The van der Waals surface area contributed by atoms with Gasteiger partial charge in [0, 0.05) is 19.1 Å². The van der Waals surface area contributed by atoms with E-state index in [1.54, 1.807) is 0 Å². The summed E-state index contributed by atoms with van der Waals surface area (Å²) in [4.78, 5) is 2.19. The van der Waals surface area contributed by atoms with Crippen LogP contribution in [0.4, 0.5) is 0 Å². The highest BCUT2D eigenvalue weighted by Crippen LogP contribution is 2.00. The van der Waals surface area contributed by atoms with Crippen LogP contribution < -0.4 is 5.73 Å². The Kier molecular flexibility index (Phi) is 6.08. The molecule has 0 bridgehead atoms. The van der Waals surface area contributed by atoms with E-state index in [0.29, 0.717) is 6.61 Å². The molecule has 0 aliphatic carbocycles. The first-order valence-corrected chi connectivity index (χ1v) is 5.74. The van der Waals surface area contributed by atoms with Crippen LogP contribution in [0.2, 0.25) is 0 Å². The van der Waals surface area contributed by atoms with E-state index in [4.69, 9.17) is 10.5 Å². The van der Waals surface area contributed by atoms with E-state index < -0.39 is 0 Å². The monoisotopic (exact) mass is 222 g/mol. The van der Waals surface area contributed by atoms with Crippen molar-refractivity contribution in [3.05, 3.63) is 35.9 Å². The van der Waals surface area contributed by atoms with Gasteiger partial charge in [-0.2, -0.15) is 0 Å². The molecule has 3 heteroatoms. The molecule has 3 nitrogen and oxygen atoms in total. The van der Waals surface area contributed by atoms with Crippen molar-refractivity contribution >= 4 is 0 Å². The Hall–Kier alpha value is -0.900. The Morgan fingerprint density at radius 2 is 2.00 bits per heavy atom. The fourth-order valence-electron chi connectivity index (χ4n) is 1.57. The summed E-state index contributed by atoms with van der Waals surface area (Å²) in [6, 6.07) is 10.4. The first-order valence-electron chi connectivity index (χ1n) is 5.74. The van der Waals surface area contributed by atoms with Crippen molar-refractivity contribution in [1.29, 1.82) is 0 Å². The highest BCUT2D eigenvalue weighted by Gasteiger charge is 2.01. The molecule has 0 aromatic heterocycles. The van der Waals surface area contributed by atoms with Gasteiger partial charge in [0.2, 0.25) is 0 Å². The third-order valence-corrected chi connectivity index (χ3v) is 2.33. The second-order valence-electron chi connectivity index (χ2n) is 4.28. The molecule has 0 fully saturated rings. The fraction of sp³-hybridized carbons (Fsp3) is 0.538. The standard InChI is InChI=1S/C13H22N2O/c1-12(14)10-15(2)8-9-16-11-13-6-4-3-5-7-13/h3-7,12H,8-11,14H2,1-2H3. The van der Waals surface area contributed by atoms with E-state index in [1.807, 2.05) is 25.1 Å². The Morgan fingerprint density at radius 1 is 1.31 bits per heavy atom. The van der Waals surface area contributed by atoms with E-state index >= 15 is 0 Å². The minimum Gasteiger partial charge on any atom is -0.375 e. The molecule has 1 rings (SSSR count). The van der Waals surface area contributed by atoms with Gasteiger partial charge in [-0.15, -0.1) is 0 Å². The molecular formula is C13H22N2O. The quantitative estimate of drug-likeness (QED) is 0.710. The predicted octanol–water partition coefficient (Wildman–Crippen LogP) is 1.48. The SMILES string of the molecule is CC(N)CN(C)CCOCc1ccccc1. The van der Waals surface area contributed by atoms with E-state index in [9.17, 15) is 0 Å². The van der Waals surface area contributed by atoms with E-state index in [0.717, 1.165) is 19.7 Å². The topological polar surface area (TPSA) is 38.5 Å². The highest BCUT2D eigenvalue weighted by atomic mass is 16.5. The van der Waals surface area contributed by atoms with Crippen LogP contribution in [0.3, 0.4) is 0 Å². The zero-order valence-electron chi connectivity index (χ0n) is 10.2. The molecule has 0 saturated carbocycles. The molecule has 0 aliphatic rings. The van der Waals surface area contributed by atoms with Crippen molar-refractivity contribution in [2.24, 2.45) is 5.73 Å². The minimum absolute atomic E-state index is 0.221. The van der Waals surface area contributed by atoms with Crippen LogP contribution in [0.15, 0.2) is 30.3 Å². The second-order valence-corrected chi connectivity index (χ2v) is 4.28. The minimum atomic E-state index is 0.221. The van der Waals surface area contributed by atoms with E-state index in [-0.39, 0.29) is 6.04 Å². The third-order valence-electron chi connectivity index (χ3n) is 2.33. The number of ether oxygens (including phenoxy) is 1. The Balaban J connectivity index is 2.08. The lowest BCUT2D eigenvalue weighted by molar-refractivity contribution is 0.0986. The summed E-state index contributed by atoms with van der Waals surface area (Å²) in [5, 5.41) is 0. The van der Waals surface area contributed by atoms with Crippen molar-refractivity contribution in [3.63, 3.8) is 0 Å². The lowest BCUT2D eigenvalue weighted by atomic mass is 10.2. The molecule has 2 N–H and O–H groups in total. The molecule has 0 amide bonds. The number of benzene rings is 1. The lowest BCUT2D eigenvalue weighted by Gasteiger charge is -2.18. The molecule has 0 heterocycles. The number of hydrogen-bond donors (Lipinski definition) is 1. The van der Waals surface area contributed by atoms with Crippen LogP contribution in [0.1, 0.15) is 12.5 Å². The number of nitrogens with zero attached hydrogens (tertiary/aromatic N) is 1. The van der Waals surface area contributed by atoms with Gasteiger partial charge < -0.3 is 15.4 Å². The first-order chi connectivity index (χ1) is 7.68. The first kappa shape index (κ1) is 13.2. The van der Waals surface area contributed by atoms with Gasteiger partial charge in [-0.25, -0.2) is 0 Å². The maximum atomic E-state index is 5.71. The molecule has 0 spiro atoms. The summed E-state index contributed by atoms with van der Waals surface area (Å²) in [6.45, 7) is 5.29. The fourth-order valence-corrected chi connectivity index (χ4v) is 1.57.